The van der Waals surface area contributed by atoms with Gasteiger partial charge in [0.25, 0.3) is 10.0 Å². The molecule has 1 heterocycles. The van der Waals surface area contributed by atoms with Crippen molar-refractivity contribution in [3.63, 3.8) is 0 Å². The van der Waals surface area contributed by atoms with Crippen LogP contribution in [0.2, 0.25) is 0 Å². The van der Waals surface area contributed by atoms with Crippen molar-refractivity contribution in [2.24, 2.45) is 5.92 Å². The van der Waals surface area contributed by atoms with Crippen molar-refractivity contribution < 1.29 is 13.2 Å². The molecule has 0 bridgehead atoms. The SMILES string of the molecule is C=CC[C@@H]1CC(=O)N(S(=O)(=O)c2ccc(C)cc2)[C@H]1C. The van der Waals surface area contributed by atoms with Crippen LogP contribution in [0.1, 0.15) is 25.3 Å². The van der Waals surface area contributed by atoms with E-state index in [-0.39, 0.29) is 29.2 Å². The highest BCUT2D eigenvalue weighted by Gasteiger charge is 2.43. The van der Waals surface area contributed by atoms with Crippen molar-refractivity contribution in [3.8, 4) is 0 Å². The fourth-order valence-corrected chi connectivity index (χ4v) is 4.23. The first-order valence-electron chi connectivity index (χ1n) is 6.62. The number of benzene rings is 1. The Morgan fingerprint density at radius 1 is 1.35 bits per heavy atom. The van der Waals surface area contributed by atoms with Crippen molar-refractivity contribution >= 4 is 15.9 Å². The van der Waals surface area contributed by atoms with Gasteiger partial charge in [0.15, 0.2) is 0 Å². The Balaban J connectivity index is 2.36. The van der Waals surface area contributed by atoms with E-state index in [1.807, 2.05) is 6.92 Å². The second-order valence-electron chi connectivity index (χ2n) is 5.24. The van der Waals surface area contributed by atoms with E-state index in [1.54, 1.807) is 37.3 Å². The summed E-state index contributed by atoms with van der Waals surface area (Å²) in [5.41, 5.74) is 0.981. The van der Waals surface area contributed by atoms with Crippen molar-refractivity contribution in [1.82, 2.24) is 4.31 Å². The van der Waals surface area contributed by atoms with Gasteiger partial charge in [0.2, 0.25) is 5.91 Å². The Kier molecular flexibility index (Phi) is 3.99. The van der Waals surface area contributed by atoms with Crippen LogP contribution >= 0.6 is 0 Å². The van der Waals surface area contributed by atoms with Gasteiger partial charge >= 0.3 is 0 Å². The molecule has 1 fully saturated rings. The lowest BCUT2D eigenvalue weighted by Crippen LogP contribution is -2.38. The third-order valence-corrected chi connectivity index (χ3v) is 5.70. The largest absolute Gasteiger partial charge is 0.274 e. The zero-order valence-corrected chi connectivity index (χ0v) is 12.6. The van der Waals surface area contributed by atoms with Crippen LogP contribution in [0.15, 0.2) is 41.8 Å². The monoisotopic (exact) mass is 293 g/mol. The third kappa shape index (κ3) is 2.50. The normalized spacial score (nSPS) is 23.1. The summed E-state index contributed by atoms with van der Waals surface area (Å²) in [7, 11) is -3.76. The first-order chi connectivity index (χ1) is 9.37. The summed E-state index contributed by atoms with van der Waals surface area (Å²) in [6.45, 7) is 7.33. The molecule has 2 atom stereocenters. The van der Waals surface area contributed by atoms with Crippen LogP contribution in [0.4, 0.5) is 0 Å². The average Bonchev–Trinajstić information content (AvgIpc) is 2.66. The molecule has 0 radical (unpaired) electrons. The second-order valence-corrected chi connectivity index (χ2v) is 7.05. The number of allylic oxidation sites excluding steroid dienone is 1. The lowest BCUT2D eigenvalue weighted by molar-refractivity contribution is -0.124. The molecule has 1 amide bonds. The predicted octanol–water partition coefficient (Wildman–Crippen LogP) is 2.50. The fourth-order valence-electron chi connectivity index (χ4n) is 2.57. The summed E-state index contributed by atoms with van der Waals surface area (Å²) in [6, 6.07) is 6.24. The molecular formula is C15H19NO3S. The fraction of sp³-hybridized carbons (Fsp3) is 0.400. The van der Waals surface area contributed by atoms with Gasteiger partial charge in [-0.3, -0.25) is 4.79 Å². The molecule has 0 N–H and O–H groups in total. The number of hydrogen-bond acceptors (Lipinski definition) is 3. The summed E-state index contributed by atoms with van der Waals surface area (Å²) in [5, 5.41) is 0. The average molecular weight is 293 g/mol. The molecule has 1 aliphatic rings. The minimum Gasteiger partial charge on any atom is -0.274 e. The Morgan fingerprint density at radius 3 is 2.50 bits per heavy atom. The van der Waals surface area contributed by atoms with E-state index in [0.29, 0.717) is 6.42 Å². The third-order valence-electron chi connectivity index (χ3n) is 3.78. The number of rotatable bonds is 4. The molecule has 0 saturated carbocycles. The lowest BCUT2D eigenvalue weighted by atomic mass is 9.98. The summed E-state index contributed by atoms with van der Waals surface area (Å²) < 4.78 is 26.2. The van der Waals surface area contributed by atoms with Crippen molar-refractivity contribution in [1.29, 1.82) is 0 Å². The molecule has 2 rings (SSSR count). The smallest absolute Gasteiger partial charge is 0.266 e. The number of aryl methyl sites for hydroxylation is 1. The Hall–Kier alpha value is -1.62. The quantitative estimate of drug-likeness (QED) is 0.801. The van der Waals surface area contributed by atoms with Gasteiger partial charge in [-0.15, -0.1) is 6.58 Å². The molecule has 108 valence electrons. The Morgan fingerprint density at radius 2 is 1.95 bits per heavy atom. The summed E-state index contributed by atoms with van der Waals surface area (Å²) in [4.78, 5) is 12.2. The van der Waals surface area contributed by atoms with Gasteiger partial charge in [0.05, 0.1) is 4.90 Å². The van der Waals surface area contributed by atoms with E-state index < -0.39 is 10.0 Å². The molecular weight excluding hydrogens is 274 g/mol. The number of sulfonamides is 1. The summed E-state index contributed by atoms with van der Waals surface area (Å²) in [6.07, 6.45) is 2.64. The highest BCUT2D eigenvalue weighted by molar-refractivity contribution is 7.89. The molecule has 4 nitrogen and oxygen atoms in total. The van der Waals surface area contributed by atoms with Crippen LogP contribution in [0.3, 0.4) is 0 Å². The highest BCUT2D eigenvalue weighted by atomic mass is 32.2. The van der Waals surface area contributed by atoms with E-state index in [0.717, 1.165) is 9.87 Å². The number of carbonyl (C=O) groups is 1. The first kappa shape index (κ1) is 14.8. The van der Waals surface area contributed by atoms with Crippen LogP contribution < -0.4 is 0 Å². The maximum Gasteiger partial charge on any atom is 0.266 e. The van der Waals surface area contributed by atoms with Crippen LogP contribution in [0, 0.1) is 12.8 Å². The van der Waals surface area contributed by atoms with Gasteiger partial charge in [0.1, 0.15) is 0 Å². The topological polar surface area (TPSA) is 54.5 Å². The van der Waals surface area contributed by atoms with Crippen molar-refractivity contribution in [2.75, 3.05) is 0 Å². The number of carbonyl (C=O) groups excluding carboxylic acids is 1. The van der Waals surface area contributed by atoms with Gasteiger partial charge < -0.3 is 0 Å². The van der Waals surface area contributed by atoms with Crippen LogP contribution in [-0.4, -0.2) is 24.7 Å². The molecule has 0 spiro atoms. The maximum absolute atomic E-state index is 12.6. The maximum atomic E-state index is 12.6. The molecule has 1 aromatic carbocycles. The van der Waals surface area contributed by atoms with Crippen molar-refractivity contribution in [2.45, 2.75) is 37.6 Å². The molecule has 20 heavy (non-hydrogen) atoms. The Bertz CT molecular complexity index is 619. The van der Waals surface area contributed by atoms with Crippen LogP contribution in [-0.2, 0) is 14.8 Å². The predicted molar refractivity (Wildman–Crippen MR) is 77.6 cm³/mol. The molecule has 1 saturated heterocycles. The zero-order chi connectivity index (χ0) is 14.9. The summed E-state index contributed by atoms with van der Waals surface area (Å²) >= 11 is 0. The van der Waals surface area contributed by atoms with E-state index >= 15 is 0 Å². The van der Waals surface area contributed by atoms with E-state index in [4.69, 9.17) is 0 Å². The van der Waals surface area contributed by atoms with E-state index in [2.05, 4.69) is 6.58 Å². The van der Waals surface area contributed by atoms with Crippen LogP contribution in [0.25, 0.3) is 0 Å². The number of hydrogen-bond donors (Lipinski definition) is 0. The van der Waals surface area contributed by atoms with Gasteiger partial charge in [-0.25, -0.2) is 12.7 Å². The molecule has 5 heteroatoms. The van der Waals surface area contributed by atoms with Crippen LogP contribution in [0.5, 0.6) is 0 Å². The van der Waals surface area contributed by atoms with Crippen molar-refractivity contribution in [3.05, 3.63) is 42.5 Å². The molecule has 1 aliphatic heterocycles. The first-order valence-corrected chi connectivity index (χ1v) is 8.06. The van der Waals surface area contributed by atoms with Gasteiger partial charge in [-0.05, 0) is 38.3 Å². The molecule has 0 unspecified atom stereocenters. The standard InChI is InChI=1S/C15H19NO3S/c1-4-5-13-10-15(17)16(12(13)3)20(18,19)14-8-6-11(2)7-9-14/h4,6-9,12-13H,1,5,10H2,2-3H3/t12-,13+/m0/s1. The Labute approximate surface area is 120 Å². The molecule has 0 aliphatic carbocycles. The number of nitrogens with zero attached hydrogens (tertiary/aromatic N) is 1. The van der Waals surface area contributed by atoms with Gasteiger partial charge in [0, 0.05) is 12.5 Å². The number of amides is 1. The molecule has 0 aromatic heterocycles. The van der Waals surface area contributed by atoms with Gasteiger partial charge in [-0.2, -0.15) is 0 Å². The second kappa shape index (κ2) is 5.40. The van der Waals surface area contributed by atoms with E-state index in [9.17, 15) is 13.2 Å². The molecule has 1 aromatic rings. The minimum absolute atomic E-state index is 0.0141. The minimum atomic E-state index is -3.76. The zero-order valence-electron chi connectivity index (χ0n) is 11.7. The lowest BCUT2D eigenvalue weighted by Gasteiger charge is -2.24. The van der Waals surface area contributed by atoms with E-state index in [1.165, 1.54) is 0 Å². The highest BCUT2D eigenvalue weighted by Crippen LogP contribution is 2.33. The van der Waals surface area contributed by atoms with Gasteiger partial charge in [-0.1, -0.05) is 23.8 Å². The summed E-state index contributed by atoms with van der Waals surface area (Å²) in [5.74, 6) is -0.315.